The third-order valence-corrected chi connectivity index (χ3v) is 6.07. The molecule has 3 rings (SSSR count). The first-order chi connectivity index (χ1) is 11.9. The summed E-state index contributed by atoms with van der Waals surface area (Å²) in [5.41, 5.74) is 7.62. The van der Waals surface area contributed by atoms with Crippen molar-refractivity contribution in [3.63, 3.8) is 0 Å². The van der Waals surface area contributed by atoms with E-state index in [-0.39, 0.29) is 11.9 Å². The zero-order chi connectivity index (χ0) is 18.0. The normalized spacial score (nSPS) is 19.0. The Labute approximate surface area is 161 Å². The fraction of sp³-hybridized carbons (Fsp3) is 0.444. The third kappa shape index (κ3) is 4.53. The third-order valence-electron chi connectivity index (χ3n) is 4.60. The number of piperidine rings is 1. The van der Waals surface area contributed by atoms with Crippen LogP contribution in [0.15, 0.2) is 23.6 Å². The van der Waals surface area contributed by atoms with Crippen molar-refractivity contribution in [2.75, 3.05) is 13.1 Å². The second kappa shape index (κ2) is 8.04. The lowest BCUT2D eigenvalue weighted by Gasteiger charge is -2.34. The zero-order valence-corrected chi connectivity index (χ0v) is 16.4. The average molecular weight is 398 g/mol. The minimum Gasteiger partial charge on any atom is -0.342 e. The summed E-state index contributed by atoms with van der Waals surface area (Å²) in [6.45, 7) is 3.57. The molecule has 0 spiro atoms. The number of thiazole rings is 1. The van der Waals surface area contributed by atoms with Crippen LogP contribution >= 0.6 is 34.5 Å². The van der Waals surface area contributed by atoms with Crippen molar-refractivity contribution in [2.45, 2.75) is 32.2 Å². The first kappa shape index (κ1) is 18.6. The Hall–Kier alpha value is -1.14. The van der Waals surface area contributed by atoms with Crippen LogP contribution in [0.1, 0.15) is 25.5 Å². The summed E-state index contributed by atoms with van der Waals surface area (Å²) < 4.78 is 0. The molecule has 1 saturated heterocycles. The Morgan fingerprint density at radius 2 is 2.28 bits per heavy atom. The number of likely N-dealkylation sites (tertiary alicyclic amines) is 1. The van der Waals surface area contributed by atoms with Crippen LogP contribution in [0, 0.1) is 5.92 Å². The van der Waals surface area contributed by atoms with Gasteiger partial charge in [0.2, 0.25) is 5.91 Å². The van der Waals surface area contributed by atoms with Gasteiger partial charge in [0.25, 0.3) is 0 Å². The van der Waals surface area contributed by atoms with E-state index in [1.807, 2.05) is 23.3 Å². The average Bonchev–Trinajstić information content (AvgIpc) is 3.03. The standard InChI is InChI=1S/C18H21Cl2N3OS/c1-11(21)12-3-2-6-23(9-12)17(24)8-14-10-25-18(22-14)15-5-4-13(19)7-16(15)20/h4-5,7,10-12H,2-3,6,8-9,21H2,1H3/t11-,12-/m1/s1. The Balaban J connectivity index is 1.67. The van der Waals surface area contributed by atoms with E-state index in [0.717, 1.165) is 42.2 Å². The van der Waals surface area contributed by atoms with Gasteiger partial charge in [0.1, 0.15) is 5.01 Å². The summed E-state index contributed by atoms with van der Waals surface area (Å²) in [4.78, 5) is 19.1. The van der Waals surface area contributed by atoms with Gasteiger partial charge in [-0.15, -0.1) is 11.3 Å². The number of carbonyl (C=O) groups is 1. The lowest BCUT2D eigenvalue weighted by atomic mass is 9.92. The van der Waals surface area contributed by atoms with Crippen molar-refractivity contribution in [3.8, 4) is 10.6 Å². The van der Waals surface area contributed by atoms with Gasteiger partial charge in [-0.3, -0.25) is 4.79 Å². The highest BCUT2D eigenvalue weighted by Crippen LogP contribution is 2.32. The highest BCUT2D eigenvalue weighted by molar-refractivity contribution is 7.13. The van der Waals surface area contributed by atoms with Gasteiger partial charge in [-0.1, -0.05) is 23.2 Å². The summed E-state index contributed by atoms with van der Waals surface area (Å²) in [6.07, 6.45) is 2.42. The smallest absolute Gasteiger partial charge is 0.228 e. The van der Waals surface area contributed by atoms with Gasteiger partial charge in [0.05, 0.1) is 17.1 Å². The largest absolute Gasteiger partial charge is 0.342 e. The Morgan fingerprint density at radius 3 is 3.00 bits per heavy atom. The molecule has 1 fully saturated rings. The molecule has 1 aliphatic rings. The number of hydrogen-bond donors (Lipinski definition) is 1. The summed E-state index contributed by atoms with van der Waals surface area (Å²) in [5, 5.41) is 3.88. The van der Waals surface area contributed by atoms with Crippen LogP contribution in [-0.4, -0.2) is 34.9 Å². The van der Waals surface area contributed by atoms with Crippen LogP contribution in [0.4, 0.5) is 0 Å². The molecular formula is C18H21Cl2N3OS. The number of aromatic nitrogens is 1. The second-order valence-corrected chi connectivity index (χ2v) is 8.25. The Kier molecular flexibility index (Phi) is 6.00. The molecule has 2 N–H and O–H groups in total. The quantitative estimate of drug-likeness (QED) is 0.838. The summed E-state index contributed by atoms with van der Waals surface area (Å²) in [5.74, 6) is 0.501. The minimum absolute atomic E-state index is 0.115. The van der Waals surface area contributed by atoms with Crippen molar-refractivity contribution in [3.05, 3.63) is 39.3 Å². The van der Waals surface area contributed by atoms with Gasteiger partial charge < -0.3 is 10.6 Å². The number of halogens is 2. The van der Waals surface area contributed by atoms with Crippen molar-refractivity contribution in [1.29, 1.82) is 0 Å². The predicted molar refractivity (Wildman–Crippen MR) is 104 cm³/mol. The van der Waals surface area contributed by atoms with Crippen molar-refractivity contribution in [1.82, 2.24) is 9.88 Å². The van der Waals surface area contributed by atoms with E-state index in [4.69, 9.17) is 28.9 Å². The summed E-state index contributed by atoms with van der Waals surface area (Å²) >= 11 is 13.7. The molecule has 0 unspecified atom stereocenters. The van der Waals surface area contributed by atoms with E-state index in [0.29, 0.717) is 22.4 Å². The molecule has 0 radical (unpaired) electrons. The van der Waals surface area contributed by atoms with E-state index in [9.17, 15) is 4.79 Å². The van der Waals surface area contributed by atoms with Gasteiger partial charge in [0.15, 0.2) is 0 Å². The molecule has 134 valence electrons. The minimum atomic E-state index is 0.115. The van der Waals surface area contributed by atoms with Crippen LogP contribution in [0.5, 0.6) is 0 Å². The molecule has 25 heavy (non-hydrogen) atoms. The molecule has 1 amide bonds. The highest BCUT2D eigenvalue weighted by Gasteiger charge is 2.26. The topological polar surface area (TPSA) is 59.2 Å². The number of rotatable bonds is 4. The van der Waals surface area contributed by atoms with E-state index in [1.165, 1.54) is 11.3 Å². The molecule has 2 aromatic rings. The van der Waals surface area contributed by atoms with Crippen LogP contribution < -0.4 is 5.73 Å². The number of amides is 1. The van der Waals surface area contributed by atoms with Crippen molar-refractivity contribution >= 4 is 40.4 Å². The van der Waals surface area contributed by atoms with E-state index < -0.39 is 0 Å². The maximum atomic E-state index is 12.6. The van der Waals surface area contributed by atoms with Crippen molar-refractivity contribution < 1.29 is 4.79 Å². The van der Waals surface area contributed by atoms with E-state index >= 15 is 0 Å². The molecule has 7 heteroatoms. The number of benzene rings is 1. The first-order valence-electron chi connectivity index (χ1n) is 8.37. The molecular weight excluding hydrogens is 377 g/mol. The molecule has 2 heterocycles. The van der Waals surface area contributed by atoms with E-state index in [2.05, 4.69) is 4.98 Å². The Bertz CT molecular complexity index is 763. The van der Waals surface area contributed by atoms with Crippen molar-refractivity contribution in [2.24, 2.45) is 11.7 Å². The van der Waals surface area contributed by atoms with Gasteiger partial charge >= 0.3 is 0 Å². The maximum absolute atomic E-state index is 12.6. The van der Waals surface area contributed by atoms with Crippen LogP contribution in [-0.2, 0) is 11.2 Å². The molecule has 4 nitrogen and oxygen atoms in total. The maximum Gasteiger partial charge on any atom is 0.228 e. The van der Waals surface area contributed by atoms with Gasteiger partial charge in [-0.25, -0.2) is 4.98 Å². The summed E-state index contributed by atoms with van der Waals surface area (Å²) in [6, 6.07) is 5.46. The van der Waals surface area contributed by atoms with Crippen LogP contribution in [0.25, 0.3) is 10.6 Å². The SMILES string of the molecule is C[C@@H](N)[C@@H]1CCCN(C(=O)Cc2csc(-c3ccc(Cl)cc3Cl)n2)C1. The number of nitrogens with zero attached hydrogens (tertiary/aromatic N) is 2. The predicted octanol–water partition coefficient (Wildman–Crippen LogP) is 4.25. The lowest BCUT2D eigenvalue weighted by molar-refractivity contribution is -0.132. The second-order valence-electron chi connectivity index (χ2n) is 6.55. The Morgan fingerprint density at radius 1 is 1.48 bits per heavy atom. The van der Waals surface area contributed by atoms with Crippen LogP contribution in [0.2, 0.25) is 10.0 Å². The monoisotopic (exact) mass is 397 g/mol. The molecule has 0 saturated carbocycles. The van der Waals surface area contributed by atoms with Gasteiger partial charge in [0, 0.05) is 35.1 Å². The molecule has 0 bridgehead atoms. The lowest BCUT2D eigenvalue weighted by Crippen LogP contribution is -2.45. The number of hydrogen-bond acceptors (Lipinski definition) is 4. The molecule has 1 aromatic heterocycles. The number of nitrogens with two attached hydrogens (primary N) is 1. The fourth-order valence-electron chi connectivity index (χ4n) is 3.11. The molecule has 0 aliphatic carbocycles. The van der Waals surface area contributed by atoms with Gasteiger partial charge in [-0.2, -0.15) is 0 Å². The highest BCUT2D eigenvalue weighted by atomic mass is 35.5. The number of carbonyl (C=O) groups excluding carboxylic acids is 1. The fourth-order valence-corrected chi connectivity index (χ4v) is 4.52. The van der Waals surface area contributed by atoms with E-state index in [1.54, 1.807) is 12.1 Å². The summed E-state index contributed by atoms with van der Waals surface area (Å²) in [7, 11) is 0. The molecule has 1 aliphatic heterocycles. The van der Waals surface area contributed by atoms with Crippen LogP contribution in [0.3, 0.4) is 0 Å². The molecule has 2 atom stereocenters. The van der Waals surface area contributed by atoms with Gasteiger partial charge in [-0.05, 0) is 43.9 Å². The zero-order valence-electron chi connectivity index (χ0n) is 14.0. The molecule has 1 aromatic carbocycles. The first-order valence-corrected chi connectivity index (χ1v) is 10.0.